The number of nitrogen functional groups attached to an aromatic ring is 1. The van der Waals surface area contributed by atoms with Crippen molar-refractivity contribution in [2.45, 2.75) is 53.0 Å². The molecule has 1 atom stereocenters. The molecule has 96 valence electrons. The van der Waals surface area contributed by atoms with E-state index in [0.29, 0.717) is 17.8 Å². The number of rotatable bonds is 6. The molecule has 0 aliphatic carbocycles. The predicted molar refractivity (Wildman–Crippen MR) is 73.0 cm³/mol. The average molecular weight is 236 g/mol. The van der Waals surface area contributed by atoms with Gasteiger partial charge in [0.1, 0.15) is 17.5 Å². The van der Waals surface area contributed by atoms with Crippen LogP contribution in [-0.4, -0.2) is 16.0 Å². The Hall–Kier alpha value is -1.32. The molecule has 0 fully saturated rings. The fraction of sp³-hybridized carbons (Fsp3) is 0.692. The summed E-state index contributed by atoms with van der Waals surface area (Å²) < 4.78 is 0. The summed E-state index contributed by atoms with van der Waals surface area (Å²) in [4.78, 5) is 8.72. The van der Waals surface area contributed by atoms with Crippen molar-refractivity contribution in [1.29, 1.82) is 0 Å². The number of nitrogens with one attached hydrogen (secondary N) is 1. The summed E-state index contributed by atoms with van der Waals surface area (Å²) >= 11 is 0. The molecule has 0 aromatic carbocycles. The maximum absolute atomic E-state index is 5.79. The highest BCUT2D eigenvalue weighted by molar-refractivity contribution is 5.45. The van der Waals surface area contributed by atoms with Crippen LogP contribution in [0.15, 0.2) is 6.07 Å². The highest BCUT2D eigenvalue weighted by Crippen LogP contribution is 2.15. The number of aromatic nitrogens is 2. The van der Waals surface area contributed by atoms with Crippen molar-refractivity contribution >= 4 is 11.6 Å². The number of hydrogen-bond acceptors (Lipinski definition) is 4. The van der Waals surface area contributed by atoms with Crippen LogP contribution in [-0.2, 0) is 6.42 Å². The third kappa shape index (κ3) is 4.21. The monoisotopic (exact) mass is 236 g/mol. The Kier molecular flexibility index (Phi) is 5.19. The van der Waals surface area contributed by atoms with E-state index in [2.05, 4.69) is 43.0 Å². The summed E-state index contributed by atoms with van der Waals surface area (Å²) in [6, 6.07) is 2.24. The zero-order valence-corrected chi connectivity index (χ0v) is 11.3. The Morgan fingerprint density at radius 3 is 2.53 bits per heavy atom. The van der Waals surface area contributed by atoms with E-state index in [1.54, 1.807) is 0 Å². The van der Waals surface area contributed by atoms with Gasteiger partial charge in [-0.1, -0.05) is 27.7 Å². The second kappa shape index (κ2) is 6.42. The summed E-state index contributed by atoms with van der Waals surface area (Å²) in [7, 11) is 0. The summed E-state index contributed by atoms with van der Waals surface area (Å²) in [6.45, 7) is 8.70. The molecule has 4 nitrogen and oxygen atoms in total. The molecule has 0 aliphatic rings. The van der Waals surface area contributed by atoms with Crippen LogP contribution >= 0.6 is 0 Å². The van der Waals surface area contributed by atoms with Crippen LogP contribution in [0.5, 0.6) is 0 Å². The van der Waals surface area contributed by atoms with Gasteiger partial charge in [-0.25, -0.2) is 9.97 Å². The first-order valence-electron chi connectivity index (χ1n) is 6.46. The van der Waals surface area contributed by atoms with Gasteiger partial charge in [-0.3, -0.25) is 0 Å². The van der Waals surface area contributed by atoms with Crippen molar-refractivity contribution in [3.63, 3.8) is 0 Å². The van der Waals surface area contributed by atoms with Crippen molar-refractivity contribution < 1.29 is 0 Å². The van der Waals surface area contributed by atoms with Gasteiger partial charge in [-0.15, -0.1) is 0 Å². The summed E-state index contributed by atoms with van der Waals surface area (Å²) in [6.07, 6.45) is 2.98. The maximum Gasteiger partial charge on any atom is 0.133 e. The minimum Gasteiger partial charge on any atom is -0.384 e. The Morgan fingerprint density at radius 2 is 2.00 bits per heavy atom. The molecule has 0 bridgehead atoms. The number of hydrogen-bond donors (Lipinski definition) is 2. The van der Waals surface area contributed by atoms with Gasteiger partial charge < -0.3 is 11.1 Å². The molecule has 1 rings (SSSR count). The number of nitrogens with zero attached hydrogens (tertiary/aromatic N) is 2. The quantitative estimate of drug-likeness (QED) is 0.797. The van der Waals surface area contributed by atoms with Crippen LogP contribution in [0.4, 0.5) is 11.6 Å². The smallest absolute Gasteiger partial charge is 0.133 e. The second-order valence-electron chi connectivity index (χ2n) is 4.75. The molecule has 0 spiro atoms. The van der Waals surface area contributed by atoms with E-state index in [1.165, 1.54) is 0 Å². The Morgan fingerprint density at radius 1 is 1.29 bits per heavy atom. The minimum atomic E-state index is 0.429. The molecule has 0 saturated carbocycles. The molecule has 0 radical (unpaired) electrons. The maximum atomic E-state index is 5.79. The van der Waals surface area contributed by atoms with Gasteiger partial charge in [-0.05, 0) is 18.8 Å². The highest BCUT2D eigenvalue weighted by atomic mass is 15.1. The third-order valence-corrected chi connectivity index (χ3v) is 2.84. The van der Waals surface area contributed by atoms with Crippen molar-refractivity contribution in [3.8, 4) is 0 Å². The number of anilines is 2. The van der Waals surface area contributed by atoms with Gasteiger partial charge in [0.2, 0.25) is 0 Å². The SMILES string of the molecule is CCCc1nc(N)cc(NC(CC)C(C)C)n1. The van der Waals surface area contributed by atoms with Crippen molar-refractivity contribution in [2.75, 3.05) is 11.1 Å². The molecular weight excluding hydrogens is 212 g/mol. The van der Waals surface area contributed by atoms with Crippen molar-refractivity contribution in [2.24, 2.45) is 5.92 Å². The number of aryl methyl sites for hydroxylation is 1. The lowest BCUT2D eigenvalue weighted by molar-refractivity contribution is 0.509. The predicted octanol–water partition coefficient (Wildman–Crippen LogP) is 2.86. The highest BCUT2D eigenvalue weighted by Gasteiger charge is 2.12. The van der Waals surface area contributed by atoms with E-state index < -0.39 is 0 Å². The molecule has 4 heteroatoms. The van der Waals surface area contributed by atoms with E-state index in [0.717, 1.165) is 30.9 Å². The average Bonchev–Trinajstić information content (AvgIpc) is 2.25. The normalized spacial score (nSPS) is 12.8. The Bertz CT molecular complexity index is 349. The first kappa shape index (κ1) is 13.7. The van der Waals surface area contributed by atoms with Crippen LogP contribution in [0.1, 0.15) is 46.4 Å². The standard InChI is InChI=1S/C13H24N4/c1-5-7-12-16-11(14)8-13(17-12)15-10(6-2)9(3)4/h8-10H,5-7H2,1-4H3,(H3,14,15,16,17). The lowest BCUT2D eigenvalue weighted by atomic mass is 10.0. The lowest BCUT2D eigenvalue weighted by Gasteiger charge is -2.21. The zero-order chi connectivity index (χ0) is 12.8. The summed E-state index contributed by atoms with van der Waals surface area (Å²) in [5.41, 5.74) is 5.79. The van der Waals surface area contributed by atoms with Crippen LogP contribution in [0.2, 0.25) is 0 Å². The van der Waals surface area contributed by atoms with Gasteiger partial charge in [0.15, 0.2) is 0 Å². The molecular formula is C13H24N4. The molecule has 0 saturated heterocycles. The van der Waals surface area contributed by atoms with E-state index >= 15 is 0 Å². The topological polar surface area (TPSA) is 63.8 Å². The molecule has 1 aromatic rings. The first-order chi connectivity index (χ1) is 8.06. The zero-order valence-electron chi connectivity index (χ0n) is 11.3. The summed E-state index contributed by atoms with van der Waals surface area (Å²) in [5, 5.41) is 3.44. The largest absolute Gasteiger partial charge is 0.384 e. The van der Waals surface area contributed by atoms with Crippen molar-refractivity contribution in [3.05, 3.63) is 11.9 Å². The Labute approximate surface area is 104 Å². The molecule has 17 heavy (non-hydrogen) atoms. The lowest BCUT2D eigenvalue weighted by Crippen LogP contribution is -2.25. The van der Waals surface area contributed by atoms with Crippen LogP contribution in [0.25, 0.3) is 0 Å². The van der Waals surface area contributed by atoms with Gasteiger partial charge in [0, 0.05) is 18.5 Å². The van der Waals surface area contributed by atoms with Crippen LogP contribution in [0.3, 0.4) is 0 Å². The van der Waals surface area contributed by atoms with Crippen LogP contribution < -0.4 is 11.1 Å². The van der Waals surface area contributed by atoms with E-state index in [4.69, 9.17) is 5.73 Å². The molecule has 0 aliphatic heterocycles. The van der Waals surface area contributed by atoms with E-state index in [1.807, 2.05) is 6.07 Å². The molecule has 1 aromatic heterocycles. The fourth-order valence-electron chi connectivity index (χ4n) is 1.86. The van der Waals surface area contributed by atoms with Gasteiger partial charge in [0.25, 0.3) is 0 Å². The third-order valence-electron chi connectivity index (χ3n) is 2.84. The summed E-state index contributed by atoms with van der Waals surface area (Å²) in [5.74, 6) is 2.80. The molecule has 0 amide bonds. The molecule has 1 heterocycles. The first-order valence-corrected chi connectivity index (χ1v) is 6.46. The molecule has 1 unspecified atom stereocenters. The Balaban J connectivity index is 2.82. The fourth-order valence-corrected chi connectivity index (χ4v) is 1.86. The second-order valence-corrected chi connectivity index (χ2v) is 4.75. The van der Waals surface area contributed by atoms with Crippen LogP contribution in [0, 0.1) is 5.92 Å². The van der Waals surface area contributed by atoms with Gasteiger partial charge >= 0.3 is 0 Å². The number of nitrogens with two attached hydrogens (primary N) is 1. The van der Waals surface area contributed by atoms with E-state index in [9.17, 15) is 0 Å². The minimum absolute atomic E-state index is 0.429. The van der Waals surface area contributed by atoms with Gasteiger partial charge in [-0.2, -0.15) is 0 Å². The van der Waals surface area contributed by atoms with Crippen molar-refractivity contribution in [1.82, 2.24) is 9.97 Å². The van der Waals surface area contributed by atoms with E-state index in [-0.39, 0.29) is 0 Å². The molecule has 3 N–H and O–H groups in total. The van der Waals surface area contributed by atoms with Gasteiger partial charge in [0.05, 0.1) is 0 Å².